The molecule has 2 aliphatic carbocycles. The Kier molecular flexibility index (Phi) is 4.74. The molecule has 5 atom stereocenters. The topological polar surface area (TPSA) is 66.5 Å². The van der Waals surface area contributed by atoms with Crippen LogP contribution in [-0.2, 0) is 14.4 Å². The molecule has 1 heterocycles. The Morgan fingerprint density at radius 2 is 1.52 bits per heavy atom. The molecule has 3 amide bonds. The van der Waals surface area contributed by atoms with Gasteiger partial charge in [0, 0.05) is 6.04 Å². The summed E-state index contributed by atoms with van der Waals surface area (Å²) in [4.78, 5) is 39.0. The zero-order valence-corrected chi connectivity index (χ0v) is 14.2. The predicted octanol–water partition coefficient (Wildman–Crippen LogP) is 2.25. The van der Waals surface area contributed by atoms with Gasteiger partial charge in [0.2, 0.25) is 17.7 Å². The highest BCUT2D eigenvalue weighted by Gasteiger charge is 2.50. The second-order valence-electron chi connectivity index (χ2n) is 7.60. The van der Waals surface area contributed by atoms with Gasteiger partial charge in [0.05, 0.1) is 11.8 Å². The smallest absolute Gasteiger partial charge is 0.243 e. The minimum atomic E-state index is -0.685. The number of imide groups is 1. The molecule has 5 nitrogen and oxygen atoms in total. The number of carbonyl (C=O) groups excluding carboxylic acids is 3. The van der Waals surface area contributed by atoms with Crippen molar-refractivity contribution in [3.63, 3.8) is 0 Å². The molecule has 3 rings (SSSR count). The summed E-state index contributed by atoms with van der Waals surface area (Å²) in [5.41, 5.74) is 0. The van der Waals surface area contributed by atoms with Gasteiger partial charge in [0.15, 0.2) is 0 Å². The Morgan fingerprint density at radius 1 is 1.00 bits per heavy atom. The normalized spacial score (nSPS) is 35.8. The van der Waals surface area contributed by atoms with E-state index < -0.39 is 6.04 Å². The molecule has 0 aromatic heterocycles. The number of hydrogen-bond donors (Lipinski definition) is 1. The van der Waals surface area contributed by atoms with Crippen LogP contribution in [0, 0.1) is 17.8 Å². The summed E-state index contributed by atoms with van der Waals surface area (Å²) in [6.07, 6.45) is 8.07. The monoisotopic (exact) mass is 320 g/mol. The summed E-state index contributed by atoms with van der Waals surface area (Å²) in [6.45, 7) is 3.85. The van der Waals surface area contributed by atoms with Gasteiger partial charge in [0.25, 0.3) is 0 Å². The van der Waals surface area contributed by atoms with Gasteiger partial charge in [-0.2, -0.15) is 0 Å². The first-order chi connectivity index (χ1) is 11.0. The third-order valence-electron chi connectivity index (χ3n) is 6.08. The van der Waals surface area contributed by atoms with E-state index >= 15 is 0 Å². The van der Waals surface area contributed by atoms with Crippen LogP contribution in [0.3, 0.4) is 0 Å². The molecule has 3 aliphatic rings. The maximum atomic E-state index is 12.6. The van der Waals surface area contributed by atoms with Crippen LogP contribution in [0.1, 0.15) is 65.2 Å². The van der Waals surface area contributed by atoms with Crippen LogP contribution in [0.15, 0.2) is 0 Å². The molecule has 0 bridgehead atoms. The summed E-state index contributed by atoms with van der Waals surface area (Å²) in [5.74, 6) is -0.324. The minimum absolute atomic E-state index is 0.126. The third kappa shape index (κ3) is 3.02. The minimum Gasteiger partial charge on any atom is -0.351 e. The zero-order valence-electron chi connectivity index (χ0n) is 14.2. The molecule has 0 aromatic rings. The van der Waals surface area contributed by atoms with Gasteiger partial charge in [-0.15, -0.1) is 0 Å². The van der Waals surface area contributed by atoms with Gasteiger partial charge in [0.1, 0.15) is 6.04 Å². The number of fused-ring (bicyclic) bond motifs is 1. The lowest BCUT2D eigenvalue weighted by Gasteiger charge is -2.31. The summed E-state index contributed by atoms with van der Waals surface area (Å²) in [7, 11) is 0. The Bertz CT molecular complexity index is 480. The highest BCUT2D eigenvalue weighted by atomic mass is 16.2. The summed E-state index contributed by atoms with van der Waals surface area (Å²) in [6, 6.07) is -0.511. The van der Waals surface area contributed by atoms with Gasteiger partial charge >= 0.3 is 0 Å². The molecule has 1 aliphatic heterocycles. The highest BCUT2D eigenvalue weighted by Crippen LogP contribution is 2.38. The molecule has 5 heteroatoms. The molecule has 128 valence electrons. The average molecular weight is 320 g/mol. The molecule has 2 saturated carbocycles. The van der Waals surface area contributed by atoms with Crippen molar-refractivity contribution >= 4 is 17.7 Å². The van der Waals surface area contributed by atoms with E-state index in [-0.39, 0.29) is 35.6 Å². The van der Waals surface area contributed by atoms with Crippen LogP contribution in [0.25, 0.3) is 0 Å². The second-order valence-corrected chi connectivity index (χ2v) is 7.60. The fourth-order valence-corrected chi connectivity index (χ4v) is 4.52. The van der Waals surface area contributed by atoms with Crippen molar-refractivity contribution in [3.05, 3.63) is 0 Å². The number of rotatable bonds is 3. The first-order valence-electron chi connectivity index (χ1n) is 9.18. The lowest BCUT2D eigenvalue weighted by molar-refractivity contribution is -0.147. The summed E-state index contributed by atoms with van der Waals surface area (Å²) >= 11 is 0. The maximum absolute atomic E-state index is 12.6. The summed E-state index contributed by atoms with van der Waals surface area (Å²) in [5, 5.41) is 3.08. The second kappa shape index (κ2) is 6.62. The zero-order chi connectivity index (χ0) is 16.6. The molecular weight excluding hydrogens is 292 g/mol. The van der Waals surface area contributed by atoms with Crippen molar-refractivity contribution in [2.75, 3.05) is 0 Å². The quantitative estimate of drug-likeness (QED) is 0.811. The van der Waals surface area contributed by atoms with Gasteiger partial charge in [-0.25, -0.2) is 0 Å². The Labute approximate surface area is 138 Å². The standard InChI is InChI=1S/C18H28N2O3/c1-11-7-3-6-10-15(11)19-16(21)12(2)20-17(22)13-8-4-5-9-14(13)18(20)23/h11-15H,3-10H2,1-2H3,(H,19,21). The summed E-state index contributed by atoms with van der Waals surface area (Å²) < 4.78 is 0. The number of nitrogens with one attached hydrogen (secondary N) is 1. The number of likely N-dealkylation sites (tertiary alicyclic amines) is 1. The molecule has 0 radical (unpaired) electrons. The van der Waals surface area contributed by atoms with Crippen LogP contribution in [0.5, 0.6) is 0 Å². The van der Waals surface area contributed by atoms with Crippen molar-refractivity contribution in [2.24, 2.45) is 17.8 Å². The van der Waals surface area contributed by atoms with E-state index in [1.165, 1.54) is 11.3 Å². The predicted molar refractivity (Wildman–Crippen MR) is 86.3 cm³/mol. The number of nitrogens with zero attached hydrogens (tertiary/aromatic N) is 1. The van der Waals surface area contributed by atoms with Crippen LogP contribution < -0.4 is 5.32 Å². The van der Waals surface area contributed by atoms with Gasteiger partial charge < -0.3 is 5.32 Å². The first-order valence-corrected chi connectivity index (χ1v) is 9.18. The number of amides is 3. The Hall–Kier alpha value is -1.39. The van der Waals surface area contributed by atoms with Gasteiger partial charge in [-0.3, -0.25) is 19.3 Å². The lowest BCUT2D eigenvalue weighted by Crippen LogP contribution is -2.52. The lowest BCUT2D eigenvalue weighted by atomic mass is 9.81. The molecular formula is C18H28N2O3. The number of carbonyl (C=O) groups is 3. The van der Waals surface area contributed by atoms with Crippen molar-refractivity contribution in [2.45, 2.75) is 77.3 Å². The Balaban J connectivity index is 1.67. The van der Waals surface area contributed by atoms with Crippen molar-refractivity contribution < 1.29 is 14.4 Å². The molecule has 3 fully saturated rings. The maximum Gasteiger partial charge on any atom is 0.243 e. The van der Waals surface area contributed by atoms with Crippen molar-refractivity contribution in [1.82, 2.24) is 10.2 Å². The van der Waals surface area contributed by atoms with Crippen molar-refractivity contribution in [1.29, 1.82) is 0 Å². The first kappa shape index (κ1) is 16.5. The van der Waals surface area contributed by atoms with E-state index in [1.807, 2.05) is 0 Å². The third-order valence-corrected chi connectivity index (χ3v) is 6.08. The van der Waals surface area contributed by atoms with Gasteiger partial charge in [-0.05, 0) is 38.5 Å². The Morgan fingerprint density at radius 3 is 2.09 bits per heavy atom. The van der Waals surface area contributed by atoms with E-state index in [1.54, 1.807) is 6.92 Å². The van der Waals surface area contributed by atoms with Crippen LogP contribution in [0.2, 0.25) is 0 Å². The van der Waals surface area contributed by atoms with E-state index in [4.69, 9.17) is 0 Å². The van der Waals surface area contributed by atoms with E-state index in [0.29, 0.717) is 5.92 Å². The highest BCUT2D eigenvalue weighted by molar-refractivity contribution is 6.08. The SMILES string of the molecule is CC1CCCCC1NC(=O)C(C)N1C(=O)C2CCCCC2C1=O. The molecule has 0 aromatic carbocycles. The largest absolute Gasteiger partial charge is 0.351 e. The van der Waals surface area contributed by atoms with Gasteiger partial charge in [-0.1, -0.05) is 32.6 Å². The molecule has 23 heavy (non-hydrogen) atoms. The average Bonchev–Trinajstić information content (AvgIpc) is 2.81. The van der Waals surface area contributed by atoms with Crippen LogP contribution in [-0.4, -0.2) is 34.7 Å². The number of hydrogen-bond acceptors (Lipinski definition) is 3. The van der Waals surface area contributed by atoms with Crippen molar-refractivity contribution in [3.8, 4) is 0 Å². The molecule has 5 unspecified atom stereocenters. The molecule has 1 saturated heterocycles. The fourth-order valence-electron chi connectivity index (χ4n) is 4.52. The van der Waals surface area contributed by atoms with Crippen LogP contribution in [0.4, 0.5) is 0 Å². The van der Waals surface area contributed by atoms with E-state index in [2.05, 4.69) is 12.2 Å². The fraction of sp³-hybridized carbons (Fsp3) is 0.833. The van der Waals surface area contributed by atoms with Crippen LogP contribution >= 0.6 is 0 Å². The molecule has 1 N–H and O–H groups in total. The molecule has 0 spiro atoms. The van der Waals surface area contributed by atoms with E-state index in [9.17, 15) is 14.4 Å². The van der Waals surface area contributed by atoms with E-state index in [0.717, 1.165) is 44.9 Å².